The lowest BCUT2D eigenvalue weighted by atomic mass is 9.89. The summed E-state index contributed by atoms with van der Waals surface area (Å²) in [4.78, 5) is 4.99. The molecule has 1 heterocycles. The molecule has 2 heteroatoms. The summed E-state index contributed by atoms with van der Waals surface area (Å²) in [7, 11) is 0. The number of benzene rings is 1. The molecule has 2 aromatic rings. The van der Waals surface area contributed by atoms with E-state index in [-0.39, 0.29) is 0 Å². The molecule has 0 radical (unpaired) electrons. The number of anilines is 1. The molecule has 3 rings (SSSR count). The number of nitrogens with zero attached hydrogens (tertiary/aromatic N) is 1. The van der Waals surface area contributed by atoms with E-state index in [1.807, 2.05) is 0 Å². The zero-order valence-electron chi connectivity index (χ0n) is 12.6. The quantitative estimate of drug-likeness (QED) is 0.883. The number of hydrogen-bond acceptors (Lipinski definition) is 2. The third-order valence-electron chi connectivity index (χ3n) is 4.31. The fraction of sp³-hybridized carbons (Fsp3) is 0.500. The van der Waals surface area contributed by atoms with E-state index < -0.39 is 0 Å². The van der Waals surface area contributed by atoms with Gasteiger partial charge in [0.25, 0.3) is 0 Å². The van der Waals surface area contributed by atoms with Crippen molar-refractivity contribution in [3.63, 3.8) is 0 Å². The van der Waals surface area contributed by atoms with Crippen molar-refractivity contribution in [3.8, 4) is 0 Å². The minimum absolute atomic E-state index is 1.00. The molecule has 0 amide bonds. The second kappa shape index (κ2) is 5.82. The van der Waals surface area contributed by atoms with Gasteiger partial charge in [-0.05, 0) is 61.3 Å². The fourth-order valence-electron chi connectivity index (χ4n) is 3.18. The van der Waals surface area contributed by atoms with E-state index in [0.717, 1.165) is 25.2 Å². The Balaban J connectivity index is 2.13. The van der Waals surface area contributed by atoms with Crippen LogP contribution < -0.4 is 5.32 Å². The lowest BCUT2D eigenvalue weighted by molar-refractivity contribution is 0.689. The highest BCUT2D eigenvalue weighted by atomic mass is 15.0. The Labute approximate surface area is 121 Å². The van der Waals surface area contributed by atoms with Gasteiger partial charge in [0.2, 0.25) is 0 Å². The normalized spacial score (nSPS) is 14.3. The summed E-state index contributed by atoms with van der Waals surface area (Å²) >= 11 is 0. The molecule has 1 aliphatic carbocycles. The van der Waals surface area contributed by atoms with Crippen LogP contribution in [-0.2, 0) is 19.3 Å². The van der Waals surface area contributed by atoms with Gasteiger partial charge in [-0.1, -0.05) is 26.0 Å². The second-order valence-electron chi connectivity index (χ2n) is 5.76. The van der Waals surface area contributed by atoms with Crippen molar-refractivity contribution >= 4 is 16.7 Å². The summed E-state index contributed by atoms with van der Waals surface area (Å²) in [5.41, 5.74) is 5.58. The summed E-state index contributed by atoms with van der Waals surface area (Å²) in [6, 6.07) is 6.90. The lowest BCUT2D eigenvalue weighted by Crippen LogP contribution is -2.08. The minimum atomic E-state index is 1.00. The van der Waals surface area contributed by atoms with Crippen molar-refractivity contribution in [1.29, 1.82) is 0 Å². The number of hydrogen-bond donors (Lipinski definition) is 1. The molecule has 0 aliphatic heterocycles. The summed E-state index contributed by atoms with van der Waals surface area (Å²) in [5, 5.41) is 4.81. The second-order valence-corrected chi connectivity index (χ2v) is 5.76. The van der Waals surface area contributed by atoms with Gasteiger partial charge in [0.1, 0.15) is 5.82 Å². The fourth-order valence-corrected chi connectivity index (χ4v) is 3.18. The average molecular weight is 268 g/mol. The van der Waals surface area contributed by atoms with E-state index in [1.165, 1.54) is 53.3 Å². The predicted octanol–water partition coefficient (Wildman–Crippen LogP) is 4.50. The zero-order valence-corrected chi connectivity index (χ0v) is 12.6. The van der Waals surface area contributed by atoms with Gasteiger partial charge in [-0.25, -0.2) is 4.98 Å². The molecule has 0 saturated heterocycles. The molecular formula is C18H24N2. The van der Waals surface area contributed by atoms with Crippen LogP contribution in [0.25, 0.3) is 10.9 Å². The van der Waals surface area contributed by atoms with E-state index in [4.69, 9.17) is 4.98 Å². The molecule has 0 spiro atoms. The molecule has 20 heavy (non-hydrogen) atoms. The van der Waals surface area contributed by atoms with Crippen LogP contribution in [0, 0.1) is 0 Å². The number of fused-ring (bicyclic) bond motifs is 3. The standard InChI is InChI=1S/C18H24N2/c1-3-11-19-18-13(4-2)12-15-10-9-14-7-5-6-8-16(14)17(15)20-18/h9-10,12H,3-8,11H2,1-2H3,(H,19,20). The van der Waals surface area contributed by atoms with Crippen LogP contribution in [0.1, 0.15) is 49.8 Å². The van der Waals surface area contributed by atoms with Crippen molar-refractivity contribution in [3.05, 3.63) is 34.9 Å². The Morgan fingerprint density at radius 1 is 1.15 bits per heavy atom. The van der Waals surface area contributed by atoms with Crippen molar-refractivity contribution in [1.82, 2.24) is 4.98 Å². The molecule has 2 nitrogen and oxygen atoms in total. The first kappa shape index (κ1) is 13.4. The molecule has 1 aliphatic rings. The molecule has 0 atom stereocenters. The van der Waals surface area contributed by atoms with E-state index >= 15 is 0 Å². The molecule has 0 fully saturated rings. The molecule has 0 saturated carbocycles. The van der Waals surface area contributed by atoms with Crippen molar-refractivity contribution < 1.29 is 0 Å². The first-order chi connectivity index (χ1) is 9.83. The first-order valence-corrected chi connectivity index (χ1v) is 8.01. The van der Waals surface area contributed by atoms with Crippen molar-refractivity contribution in [2.24, 2.45) is 0 Å². The number of nitrogens with one attached hydrogen (secondary N) is 1. The first-order valence-electron chi connectivity index (χ1n) is 8.01. The smallest absolute Gasteiger partial charge is 0.129 e. The van der Waals surface area contributed by atoms with E-state index in [9.17, 15) is 0 Å². The van der Waals surface area contributed by atoms with Crippen LogP contribution in [0.2, 0.25) is 0 Å². The molecule has 1 N–H and O–H groups in total. The van der Waals surface area contributed by atoms with Crippen LogP contribution in [-0.4, -0.2) is 11.5 Å². The Morgan fingerprint density at radius 3 is 2.80 bits per heavy atom. The van der Waals surface area contributed by atoms with Gasteiger partial charge in [0.05, 0.1) is 5.52 Å². The maximum atomic E-state index is 4.99. The highest BCUT2D eigenvalue weighted by Gasteiger charge is 2.15. The third kappa shape index (κ3) is 2.39. The topological polar surface area (TPSA) is 24.9 Å². The summed E-state index contributed by atoms with van der Waals surface area (Å²) < 4.78 is 0. The Kier molecular flexibility index (Phi) is 3.90. The summed E-state index contributed by atoms with van der Waals surface area (Å²) in [5.74, 6) is 1.10. The van der Waals surface area contributed by atoms with Gasteiger partial charge in [-0.3, -0.25) is 0 Å². The number of rotatable bonds is 4. The predicted molar refractivity (Wildman–Crippen MR) is 86.5 cm³/mol. The SMILES string of the molecule is CCCNc1nc2c3c(ccc2cc1CC)CCCC3. The largest absolute Gasteiger partial charge is 0.370 e. The maximum Gasteiger partial charge on any atom is 0.129 e. The Morgan fingerprint density at radius 2 is 2.00 bits per heavy atom. The summed E-state index contributed by atoms with van der Waals surface area (Å²) in [6.45, 7) is 5.40. The van der Waals surface area contributed by atoms with Gasteiger partial charge in [-0.15, -0.1) is 0 Å². The van der Waals surface area contributed by atoms with Crippen LogP contribution in [0.4, 0.5) is 5.82 Å². The number of aromatic nitrogens is 1. The van der Waals surface area contributed by atoms with Crippen LogP contribution >= 0.6 is 0 Å². The van der Waals surface area contributed by atoms with Crippen LogP contribution in [0.3, 0.4) is 0 Å². The van der Waals surface area contributed by atoms with E-state index in [0.29, 0.717) is 0 Å². The molecule has 0 bridgehead atoms. The van der Waals surface area contributed by atoms with Gasteiger partial charge in [0.15, 0.2) is 0 Å². The molecule has 0 unspecified atom stereocenters. The Hall–Kier alpha value is -1.57. The van der Waals surface area contributed by atoms with Crippen molar-refractivity contribution in [2.45, 2.75) is 52.4 Å². The Bertz CT molecular complexity index is 616. The van der Waals surface area contributed by atoms with Gasteiger partial charge >= 0.3 is 0 Å². The zero-order chi connectivity index (χ0) is 13.9. The molecule has 106 valence electrons. The number of aryl methyl sites for hydroxylation is 3. The van der Waals surface area contributed by atoms with E-state index in [1.54, 1.807) is 0 Å². The van der Waals surface area contributed by atoms with Gasteiger partial charge in [0, 0.05) is 11.9 Å². The molecule has 1 aromatic carbocycles. The van der Waals surface area contributed by atoms with Crippen molar-refractivity contribution in [2.75, 3.05) is 11.9 Å². The van der Waals surface area contributed by atoms with Gasteiger partial charge in [-0.2, -0.15) is 0 Å². The summed E-state index contributed by atoms with van der Waals surface area (Å²) in [6.07, 6.45) is 7.22. The van der Waals surface area contributed by atoms with E-state index in [2.05, 4.69) is 37.4 Å². The highest BCUT2D eigenvalue weighted by Crippen LogP contribution is 2.30. The van der Waals surface area contributed by atoms with Gasteiger partial charge < -0.3 is 5.32 Å². The maximum absolute atomic E-state index is 4.99. The molecular weight excluding hydrogens is 244 g/mol. The lowest BCUT2D eigenvalue weighted by Gasteiger charge is -2.19. The monoisotopic (exact) mass is 268 g/mol. The average Bonchev–Trinajstić information content (AvgIpc) is 2.51. The van der Waals surface area contributed by atoms with Crippen LogP contribution in [0.5, 0.6) is 0 Å². The minimum Gasteiger partial charge on any atom is -0.370 e. The van der Waals surface area contributed by atoms with Crippen LogP contribution in [0.15, 0.2) is 18.2 Å². The number of pyridine rings is 1. The molecule has 1 aromatic heterocycles. The highest BCUT2D eigenvalue weighted by molar-refractivity contribution is 5.86. The third-order valence-corrected chi connectivity index (χ3v) is 4.31.